The topological polar surface area (TPSA) is 12.0 Å². The second-order valence-electron chi connectivity index (χ2n) is 1.80. The minimum atomic E-state index is 0.444. The first-order valence-corrected chi connectivity index (χ1v) is 3.38. The maximum absolute atomic E-state index is 3.40. The number of nitrogens with one attached hydrogen (secondary N) is 1. The molecule has 1 nitrogen and oxygen atoms in total. The molecule has 1 atom stereocenters. The van der Waals surface area contributed by atoms with Crippen LogP contribution in [0.5, 0.6) is 0 Å². The molecular weight excluding hydrogens is 166 g/mol. The first-order chi connectivity index (χ1) is 3.80. The van der Waals surface area contributed by atoms with E-state index >= 15 is 0 Å². The van der Waals surface area contributed by atoms with Crippen LogP contribution in [0.2, 0.25) is 0 Å². The second kappa shape index (κ2) is 2.35. The highest BCUT2D eigenvalue weighted by Gasteiger charge is 2.02. The number of hydrogen-bond acceptors (Lipinski definition) is 1. The number of halogens is 1. The molecule has 44 valence electrons. The maximum atomic E-state index is 3.40. The van der Waals surface area contributed by atoms with Gasteiger partial charge < -0.3 is 5.32 Å². The van der Waals surface area contributed by atoms with Crippen LogP contribution in [0.3, 0.4) is 0 Å². The first-order valence-electron chi connectivity index (χ1n) is 2.59. The van der Waals surface area contributed by atoms with Crippen LogP contribution in [0.15, 0.2) is 22.8 Å². The van der Waals surface area contributed by atoms with E-state index in [4.69, 9.17) is 0 Å². The van der Waals surface area contributed by atoms with Crippen molar-refractivity contribution in [3.05, 3.63) is 22.8 Å². The lowest BCUT2D eigenvalue weighted by molar-refractivity contribution is 0.753. The van der Waals surface area contributed by atoms with Crippen LogP contribution in [0, 0.1) is 0 Å². The first kappa shape index (κ1) is 5.89. The highest BCUT2D eigenvalue weighted by atomic mass is 79.9. The van der Waals surface area contributed by atoms with E-state index in [9.17, 15) is 0 Å². The van der Waals surface area contributed by atoms with Crippen molar-refractivity contribution in [2.75, 3.05) is 0 Å². The highest BCUT2D eigenvalue weighted by Crippen LogP contribution is 2.12. The fourth-order valence-corrected chi connectivity index (χ4v) is 0.849. The minimum absolute atomic E-state index is 0.444. The molecule has 0 aromatic rings. The fourth-order valence-electron chi connectivity index (χ4n) is 0.564. The van der Waals surface area contributed by atoms with E-state index in [0.717, 1.165) is 0 Å². The Morgan fingerprint density at radius 2 is 2.50 bits per heavy atom. The quantitative estimate of drug-likeness (QED) is 0.590. The molecule has 0 aliphatic carbocycles. The molecule has 2 heteroatoms. The summed E-state index contributed by atoms with van der Waals surface area (Å²) in [5, 5.41) is 3.14. The fraction of sp³-hybridized carbons (Fsp3) is 0.333. The highest BCUT2D eigenvalue weighted by molar-refractivity contribution is 9.11. The van der Waals surface area contributed by atoms with Gasteiger partial charge in [0, 0.05) is 4.48 Å². The molecule has 1 unspecified atom stereocenters. The molecular formula is C6H8BrN. The third-order valence-electron chi connectivity index (χ3n) is 1.11. The van der Waals surface area contributed by atoms with Crippen molar-refractivity contribution in [3.8, 4) is 0 Å². The van der Waals surface area contributed by atoms with Crippen LogP contribution < -0.4 is 5.32 Å². The molecule has 0 radical (unpaired) electrons. The zero-order chi connectivity index (χ0) is 5.98. The lowest BCUT2D eigenvalue weighted by Crippen LogP contribution is -2.21. The van der Waals surface area contributed by atoms with Crippen molar-refractivity contribution in [2.45, 2.75) is 13.0 Å². The molecule has 1 N–H and O–H groups in total. The van der Waals surface area contributed by atoms with E-state index in [0.29, 0.717) is 6.04 Å². The summed E-state index contributed by atoms with van der Waals surface area (Å²) in [6.45, 7) is 2.10. The van der Waals surface area contributed by atoms with Gasteiger partial charge in [-0.15, -0.1) is 0 Å². The third-order valence-corrected chi connectivity index (χ3v) is 2.06. The van der Waals surface area contributed by atoms with Crippen molar-refractivity contribution < 1.29 is 0 Å². The lowest BCUT2D eigenvalue weighted by Gasteiger charge is -2.13. The van der Waals surface area contributed by atoms with Gasteiger partial charge in [0.1, 0.15) is 0 Å². The minimum Gasteiger partial charge on any atom is -0.384 e. The Bertz CT molecular complexity index is 137. The lowest BCUT2D eigenvalue weighted by atomic mass is 10.2. The average molecular weight is 174 g/mol. The van der Waals surface area contributed by atoms with Crippen LogP contribution in [-0.4, -0.2) is 6.04 Å². The summed E-state index contributed by atoms with van der Waals surface area (Å²) in [5.74, 6) is 0. The van der Waals surface area contributed by atoms with Crippen LogP contribution in [-0.2, 0) is 0 Å². The summed E-state index contributed by atoms with van der Waals surface area (Å²) < 4.78 is 1.21. The summed E-state index contributed by atoms with van der Waals surface area (Å²) in [6.07, 6.45) is 5.96. The Morgan fingerprint density at radius 3 is 2.88 bits per heavy atom. The number of dihydropyridines is 1. The Morgan fingerprint density at radius 1 is 1.75 bits per heavy atom. The number of rotatable bonds is 0. The Kier molecular flexibility index (Phi) is 1.73. The molecule has 0 spiro atoms. The van der Waals surface area contributed by atoms with E-state index in [1.165, 1.54) is 4.48 Å². The smallest absolute Gasteiger partial charge is 0.0545 e. The third kappa shape index (κ3) is 1.13. The maximum Gasteiger partial charge on any atom is 0.0545 e. The van der Waals surface area contributed by atoms with Gasteiger partial charge in [-0.1, -0.05) is 15.9 Å². The van der Waals surface area contributed by atoms with Crippen LogP contribution in [0.4, 0.5) is 0 Å². The number of allylic oxidation sites excluding steroid dienone is 2. The molecule has 1 heterocycles. The summed E-state index contributed by atoms with van der Waals surface area (Å²) in [5.41, 5.74) is 0. The molecule has 0 fully saturated rings. The van der Waals surface area contributed by atoms with Crippen molar-refractivity contribution >= 4 is 15.9 Å². The summed E-state index contributed by atoms with van der Waals surface area (Å²) in [7, 11) is 0. The summed E-state index contributed by atoms with van der Waals surface area (Å²) in [6, 6.07) is 0.444. The van der Waals surface area contributed by atoms with Gasteiger partial charge >= 0.3 is 0 Å². The Labute approximate surface area is 57.6 Å². The molecule has 0 aromatic carbocycles. The van der Waals surface area contributed by atoms with Gasteiger partial charge in [-0.05, 0) is 25.3 Å². The van der Waals surface area contributed by atoms with E-state index in [1.807, 2.05) is 18.4 Å². The Balaban J connectivity index is 2.66. The molecule has 1 rings (SSSR count). The monoisotopic (exact) mass is 173 g/mol. The predicted molar refractivity (Wildman–Crippen MR) is 38.7 cm³/mol. The number of hydrogen-bond donors (Lipinski definition) is 1. The van der Waals surface area contributed by atoms with Crippen molar-refractivity contribution in [2.24, 2.45) is 0 Å². The van der Waals surface area contributed by atoms with Gasteiger partial charge in [0.15, 0.2) is 0 Å². The van der Waals surface area contributed by atoms with Crippen molar-refractivity contribution in [1.82, 2.24) is 5.32 Å². The van der Waals surface area contributed by atoms with Crippen molar-refractivity contribution in [1.29, 1.82) is 0 Å². The van der Waals surface area contributed by atoms with Gasteiger partial charge in [-0.3, -0.25) is 0 Å². The molecule has 1 aliphatic rings. The Hall–Kier alpha value is -0.240. The van der Waals surface area contributed by atoms with E-state index < -0.39 is 0 Å². The SMILES string of the molecule is CC1NC=CC=C1Br. The summed E-state index contributed by atoms with van der Waals surface area (Å²) in [4.78, 5) is 0. The molecule has 0 aromatic heterocycles. The van der Waals surface area contributed by atoms with Crippen molar-refractivity contribution in [3.63, 3.8) is 0 Å². The van der Waals surface area contributed by atoms with Crippen LogP contribution >= 0.6 is 15.9 Å². The van der Waals surface area contributed by atoms with Crippen LogP contribution in [0.25, 0.3) is 0 Å². The zero-order valence-electron chi connectivity index (χ0n) is 4.69. The van der Waals surface area contributed by atoms with E-state index in [-0.39, 0.29) is 0 Å². The molecule has 0 saturated heterocycles. The van der Waals surface area contributed by atoms with E-state index in [1.54, 1.807) is 0 Å². The molecule has 1 aliphatic heterocycles. The van der Waals surface area contributed by atoms with Gasteiger partial charge in [0.05, 0.1) is 6.04 Å². The van der Waals surface area contributed by atoms with Gasteiger partial charge in [0.2, 0.25) is 0 Å². The van der Waals surface area contributed by atoms with Crippen LogP contribution in [0.1, 0.15) is 6.92 Å². The predicted octanol–water partition coefficient (Wildman–Crippen LogP) is 1.77. The zero-order valence-corrected chi connectivity index (χ0v) is 6.27. The standard InChI is InChI=1S/C6H8BrN/c1-5-6(7)3-2-4-8-5/h2-5,8H,1H3. The van der Waals surface area contributed by atoms with Gasteiger partial charge in [-0.2, -0.15) is 0 Å². The molecule has 8 heavy (non-hydrogen) atoms. The largest absolute Gasteiger partial charge is 0.384 e. The summed E-state index contributed by atoms with van der Waals surface area (Å²) >= 11 is 3.40. The van der Waals surface area contributed by atoms with Gasteiger partial charge in [0.25, 0.3) is 0 Å². The second-order valence-corrected chi connectivity index (χ2v) is 2.71. The van der Waals surface area contributed by atoms with E-state index in [2.05, 4.69) is 28.2 Å². The molecule has 0 amide bonds. The molecule has 0 saturated carbocycles. The average Bonchev–Trinajstić information content (AvgIpc) is 1.77. The van der Waals surface area contributed by atoms with Gasteiger partial charge in [-0.25, -0.2) is 0 Å². The normalized spacial score (nSPS) is 26.8. The molecule has 0 bridgehead atoms.